The average Bonchev–Trinajstić information content (AvgIpc) is 2.79. The van der Waals surface area contributed by atoms with Gasteiger partial charge in [-0.1, -0.05) is 24.8 Å². The van der Waals surface area contributed by atoms with Gasteiger partial charge in [0.25, 0.3) is 0 Å². The number of halogens is 1. The van der Waals surface area contributed by atoms with Gasteiger partial charge in [0.15, 0.2) is 4.34 Å². The molecule has 0 atom stereocenters. The minimum absolute atomic E-state index is 0.0661. The van der Waals surface area contributed by atoms with Crippen LogP contribution in [0.25, 0.3) is 0 Å². The van der Waals surface area contributed by atoms with Crippen LogP contribution >= 0.6 is 39.2 Å². The largest absolute Gasteiger partial charge is 0.384 e. The lowest BCUT2D eigenvalue weighted by Crippen LogP contribution is -2.10. The number of nitrogen functional groups attached to an aromatic ring is 1. The zero-order valence-electron chi connectivity index (χ0n) is 9.61. The predicted molar refractivity (Wildman–Crippen MR) is 78.6 cm³/mol. The molecule has 4 nitrogen and oxygen atoms in total. The summed E-state index contributed by atoms with van der Waals surface area (Å²) in [6.07, 6.45) is 0.849. The molecule has 94 valence electrons. The molecule has 0 amide bonds. The molecule has 1 heterocycles. The molecule has 0 spiro atoms. The number of aromatic nitrogens is 2. The summed E-state index contributed by atoms with van der Waals surface area (Å²) in [5.41, 5.74) is 6.15. The number of rotatable bonds is 4. The van der Waals surface area contributed by atoms with E-state index in [2.05, 4.69) is 25.3 Å². The molecule has 0 aliphatic heterocycles. The quantitative estimate of drug-likeness (QED) is 0.660. The molecule has 2 rings (SSSR count). The second-order valence-corrected chi connectivity index (χ2v) is 6.39. The summed E-state index contributed by atoms with van der Waals surface area (Å²) in [6.45, 7) is 2.04. The monoisotopic (exact) mass is 342 g/mol. The normalized spacial score (nSPS) is 10.6. The lowest BCUT2D eigenvalue weighted by molar-refractivity contribution is 0.971. The summed E-state index contributed by atoms with van der Waals surface area (Å²) in [5, 5.41) is 7.38. The molecule has 2 aromatic rings. The van der Waals surface area contributed by atoms with E-state index in [0.717, 1.165) is 26.0 Å². The third kappa shape index (κ3) is 3.09. The lowest BCUT2D eigenvalue weighted by Gasteiger charge is -2.04. The standard InChI is InChI=1S/C11H11BrN4S2/c1-2-9-15-11(18-16-9)17-8-4-3-6(10(13)14)5-7(8)12/h3-5H,2H2,1H3,(H3,13,14). The molecule has 1 aromatic heterocycles. The van der Waals surface area contributed by atoms with E-state index < -0.39 is 0 Å². The van der Waals surface area contributed by atoms with E-state index in [1.165, 1.54) is 11.5 Å². The number of nitrogens with two attached hydrogens (primary N) is 1. The van der Waals surface area contributed by atoms with Crippen LogP contribution in [0.3, 0.4) is 0 Å². The molecule has 0 saturated heterocycles. The van der Waals surface area contributed by atoms with Crippen molar-refractivity contribution in [2.45, 2.75) is 22.6 Å². The van der Waals surface area contributed by atoms with E-state index in [1.807, 2.05) is 25.1 Å². The molecule has 18 heavy (non-hydrogen) atoms. The minimum atomic E-state index is 0.0661. The Kier molecular flexibility index (Phi) is 4.36. The molecule has 0 aliphatic rings. The first-order valence-corrected chi connectivity index (χ1v) is 7.63. The van der Waals surface area contributed by atoms with Gasteiger partial charge < -0.3 is 5.73 Å². The van der Waals surface area contributed by atoms with E-state index in [0.29, 0.717) is 5.56 Å². The number of hydrogen-bond donors (Lipinski definition) is 2. The van der Waals surface area contributed by atoms with E-state index in [9.17, 15) is 0 Å². The highest BCUT2D eigenvalue weighted by atomic mass is 79.9. The highest BCUT2D eigenvalue weighted by molar-refractivity contribution is 9.10. The van der Waals surface area contributed by atoms with Crippen molar-refractivity contribution in [1.29, 1.82) is 5.41 Å². The first-order valence-electron chi connectivity index (χ1n) is 5.24. The molecule has 0 bridgehead atoms. The minimum Gasteiger partial charge on any atom is -0.384 e. The molecule has 0 saturated carbocycles. The predicted octanol–water partition coefficient (Wildman–Crippen LogP) is 3.30. The smallest absolute Gasteiger partial charge is 0.174 e. The van der Waals surface area contributed by atoms with Crippen LogP contribution in [-0.4, -0.2) is 15.2 Å². The second kappa shape index (κ2) is 5.81. The Morgan fingerprint density at radius 2 is 2.33 bits per heavy atom. The van der Waals surface area contributed by atoms with Crippen molar-refractivity contribution in [2.24, 2.45) is 5.73 Å². The van der Waals surface area contributed by atoms with Crippen LogP contribution in [-0.2, 0) is 6.42 Å². The van der Waals surface area contributed by atoms with E-state index >= 15 is 0 Å². The molecule has 0 radical (unpaired) electrons. The Labute approximate surface area is 122 Å². The Morgan fingerprint density at radius 1 is 1.56 bits per heavy atom. The maximum atomic E-state index is 7.38. The molecule has 0 fully saturated rings. The van der Waals surface area contributed by atoms with E-state index in [-0.39, 0.29) is 5.84 Å². The van der Waals surface area contributed by atoms with E-state index in [4.69, 9.17) is 11.1 Å². The van der Waals surface area contributed by atoms with Gasteiger partial charge in [0.1, 0.15) is 11.7 Å². The van der Waals surface area contributed by atoms with Crippen molar-refractivity contribution in [3.05, 3.63) is 34.1 Å². The van der Waals surface area contributed by atoms with Gasteiger partial charge in [-0.3, -0.25) is 5.41 Å². The number of nitrogens with one attached hydrogen (secondary N) is 1. The SMILES string of the molecule is CCc1nsc(Sc2ccc(C(=N)N)cc2Br)n1. The highest BCUT2D eigenvalue weighted by Crippen LogP contribution is 2.34. The van der Waals surface area contributed by atoms with Crippen LogP contribution in [0, 0.1) is 5.41 Å². The Balaban J connectivity index is 2.21. The van der Waals surface area contributed by atoms with Gasteiger partial charge >= 0.3 is 0 Å². The molecular weight excluding hydrogens is 332 g/mol. The average molecular weight is 343 g/mol. The van der Waals surface area contributed by atoms with Gasteiger partial charge in [-0.2, -0.15) is 4.37 Å². The lowest BCUT2D eigenvalue weighted by atomic mass is 10.2. The van der Waals surface area contributed by atoms with Gasteiger partial charge in [0.2, 0.25) is 0 Å². The summed E-state index contributed by atoms with van der Waals surface area (Å²) in [5.74, 6) is 0.940. The molecular formula is C11H11BrN4S2. The van der Waals surface area contributed by atoms with Gasteiger partial charge in [-0.15, -0.1) is 0 Å². The molecule has 3 N–H and O–H groups in total. The van der Waals surface area contributed by atoms with Gasteiger partial charge in [0.05, 0.1) is 0 Å². The first kappa shape index (κ1) is 13.5. The maximum absolute atomic E-state index is 7.38. The summed E-state index contributed by atoms with van der Waals surface area (Å²) in [4.78, 5) is 5.45. The maximum Gasteiger partial charge on any atom is 0.174 e. The fourth-order valence-corrected chi connectivity index (χ4v) is 3.55. The van der Waals surface area contributed by atoms with E-state index in [1.54, 1.807) is 11.8 Å². The zero-order chi connectivity index (χ0) is 13.1. The van der Waals surface area contributed by atoms with Crippen LogP contribution < -0.4 is 5.73 Å². The summed E-state index contributed by atoms with van der Waals surface area (Å²) < 4.78 is 6.08. The number of benzene rings is 1. The molecule has 7 heteroatoms. The summed E-state index contributed by atoms with van der Waals surface area (Å²) in [6, 6.07) is 5.60. The summed E-state index contributed by atoms with van der Waals surface area (Å²) in [7, 11) is 0. The fraction of sp³-hybridized carbons (Fsp3) is 0.182. The van der Waals surface area contributed by atoms with Gasteiger partial charge in [0, 0.05) is 21.4 Å². The van der Waals surface area contributed by atoms with Crippen molar-refractivity contribution in [2.75, 3.05) is 0 Å². The summed E-state index contributed by atoms with van der Waals surface area (Å²) >= 11 is 6.44. The van der Waals surface area contributed by atoms with Crippen molar-refractivity contribution in [3.8, 4) is 0 Å². The zero-order valence-corrected chi connectivity index (χ0v) is 12.8. The van der Waals surface area contributed by atoms with Crippen LogP contribution in [0.5, 0.6) is 0 Å². The molecule has 1 aromatic carbocycles. The van der Waals surface area contributed by atoms with Crippen LogP contribution in [0.15, 0.2) is 31.9 Å². The number of amidine groups is 1. The second-order valence-electron chi connectivity index (χ2n) is 3.49. The van der Waals surface area contributed by atoms with Gasteiger partial charge in [-0.25, -0.2) is 4.98 Å². The fourth-order valence-electron chi connectivity index (χ4n) is 1.27. The van der Waals surface area contributed by atoms with Crippen molar-refractivity contribution >= 4 is 45.1 Å². The van der Waals surface area contributed by atoms with Gasteiger partial charge in [-0.05, 0) is 39.6 Å². The third-order valence-corrected chi connectivity index (χ3v) is 4.99. The topological polar surface area (TPSA) is 75.7 Å². The van der Waals surface area contributed by atoms with Crippen LogP contribution in [0.2, 0.25) is 0 Å². The van der Waals surface area contributed by atoms with Crippen molar-refractivity contribution in [1.82, 2.24) is 9.36 Å². The van der Waals surface area contributed by atoms with Crippen molar-refractivity contribution < 1.29 is 0 Å². The highest BCUT2D eigenvalue weighted by Gasteiger charge is 2.08. The third-order valence-electron chi connectivity index (χ3n) is 2.21. The van der Waals surface area contributed by atoms with Crippen LogP contribution in [0.1, 0.15) is 18.3 Å². The van der Waals surface area contributed by atoms with Crippen molar-refractivity contribution in [3.63, 3.8) is 0 Å². The first-order chi connectivity index (χ1) is 8.60. The van der Waals surface area contributed by atoms with Crippen LogP contribution in [0.4, 0.5) is 0 Å². The molecule has 0 unspecified atom stereocenters. The Hall–Kier alpha value is -0.920. The Bertz CT molecular complexity index is 582. The Morgan fingerprint density at radius 3 is 2.89 bits per heavy atom. The number of hydrogen-bond acceptors (Lipinski definition) is 5. The number of aryl methyl sites for hydroxylation is 1. The number of nitrogens with zero attached hydrogens (tertiary/aromatic N) is 2. The molecule has 0 aliphatic carbocycles.